The Labute approximate surface area is 123 Å². The Morgan fingerprint density at radius 1 is 1.24 bits per heavy atom. The van der Waals surface area contributed by atoms with Crippen molar-refractivity contribution in [2.24, 2.45) is 0 Å². The Hall–Kier alpha value is -2.21. The molecule has 0 aliphatic carbocycles. The number of carbonyl (C=O) groups is 1. The first-order valence-corrected chi connectivity index (χ1v) is 6.63. The Morgan fingerprint density at radius 3 is 2.62 bits per heavy atom. The van der Waals surface area contributed by atoms with E-state index >= 15 is 0 Å². The van der Waals surface area contributed by atoms with E-state index in [2.05, 4.69) is 10.3 Å². The summed E-state index contributed by atoms with van der Waals surface area (Å²) in [5, 5.41) is 3.71. The van der Waals surface area contributed by atoms with Crippen LogP contribution in [0.5, 0.6) is 11.5 Å². The van der Waals surface area contributed by atoms with Crippen LogP contribution in [0.4, 0.5) is 0 Å². The summed E-state index contributed by atoms with van der Waals surface area (Å²) in [4.78, 5) is 15.3. The Morgan fingerprint density at radius 2 is 2.00 bits per heavy atom. The number of rotatable bonds is 6. The van der Waals surface area contributed by atoms with Crippen molar-refractivity contribution in [1.82, 2.24) is 10.3 Å². The average molecular weight is 292 g/mol. The third kappa shape index (κ3) is 3.28. The minimum absolute atomic E-state index is 0.0645. The van der Waals surface area contributed by atoms with Crippen LogP contribution in [-0.4, -0.2) is 44.9 Å². The molecule has 0 radical (unpaired) electrons. The number of aromatic nitrogens is 1. The lowest BCUT2D eigenvalue weighted by Crippen LogP contribution is -2.35. The van der Waals surface area contributed by atoms with E-state index < -0.39 is 0 Å². The van der Waals surface area contributed by atoms with Gasteiger partial charge in [-0.15, -0.1) is 0 Å². The minimum atomic E-state index is -0.184. The van der Waals surface area contributed by atoms with Crippen LogP contribution < -0.4 is 14.8 Å². The Bertz CT molecular complexity index is 636. The molecular formula is C15H20N2O4. The van der Waals surface area contributed by atoms with Gasteiger partial charge in [0.05, 0.1) is 26.3 Å². The highest BCUT2D eigenvalue weighted by atomic mass is 16.5. The summed E-state index contributed by atoms with van der Waals surface area (Å²) in [6.45, 7) is 2.34. The number of hydrogen-bond acceptors (Lipinski definition) is 4. The maximum Gasteiger partial charge on any atom is 0.268 e. The monoisotopic (exact) mass is 292 g/mol. The van der Waals surface area contributed by atoms with Crippen LogP contribution in [0.2, 0.25) is 0 Å². The molecule has 1 atom stereocenters. The van der Waals surface area contributed by atoms with Crippen molar-refractivity contribution >= 4 is 16.8 Å². The lowest BCUT2D eigenvalue weighted by Gasteiger charge is -2.11. The molecule has 21 heavy (non-hydrogen) atoms. The highest BCUT2D eigenvalue weighted by Gasteiger charge is 2.15. The fraction of sp³-hybridized carbons (Fsp3) is 0.400. The van der Waals surface area contributed by atoms with Crippen molar-refractivity contribution in [3.8, 4) is 11.5 Å². The number of hydrogen-bond donors (Lipinski definition) is 2. The van der Waals surface area contributed by atoms with E-state index in [0.29, 0.717) is 23.8 Å². The average Bonchev–Trinajstić information content (AvgIpc) is 2.90. The molecule has 0 aliphatic rings. The fourth-order valence-corrected chi connectivity index (χ4v) is 2.18. The van der Waals surface area contributed by atoms with Crippen molar-refractivity contribution in [3.05, 3.63) is 23.9 Å². The highest BCUT2D eigenvalue weighted by Crippen LogP contribution is 2.31. The van der Waals surface area contributed by atoms with Gasteiger partial charge in [0, 0.05) is 24.6 Å². The summed E-state index contributed by atoms with van der Waals surface area (Å²) in [6.07, 6.45) is 0. The zero-order valence-electron chi connectivity index (χ0n) is 12.6. The number of nitrogens with one attached hydrogen (secondary N) is 2. The van der Waals surface area contributed by atoms with Crippen LogP contribution in [-0.2, 0) is 4.74 Å². The smallest absolute Gasteiger partial charge is 0.268 e. The number of ether oxygens (including phenoxy) is 3. The number of aromatic amines is 1. The van der Waals surface area contributed by atoms with E-state index in [-0.39, 0.29) is 11.9 Å². The maximum atomic E-state index is 12.2. The Kier molecular flexibility index (Phi) is 4.70. The zero-order chi connectivity index (χ0) is 15.4. The van der Waals surface area contributed by atoms with Gasteiger partial charge in [-0.05, 0) is 19.1 Å². The van der Waals surface area contributed by atoms with Crippen molar-refractivity contribution in [2.75, 3.05) is 27.9 Å². The molecule has 114 valence electrons. The number of amides is 1. The quantitative estimate of drug-likeness (QED) is 0.853. The maximum absolute atomic E-state index is 12.2. The SMILES string of the molecule is COC[C@H](C)NC(=O)c1cc2cc(OC)cc(OC)c2[nH]1. The van der Waals surface area contributed by atoms with E-state index in [1.165, 1.54) is 0 Å². The molecule has 0 saturated heterocycles. The van der Waals surface area contributed by atoms with Gasteiger partial charge in [0.25, 0.3) is 5.91 Å². The molecule has 1 aromatic heterocycles. The van der Waals surface area contributed by atoms with Crippen LogP contribution in [0.15, 0.2) is 18.2 Å². The summed E-state index contributed by atoms with van der Waals surface area (Å²) < 4.78 is 15.5. The van der Waals surface area contributed by atoms with Crippen LogP contribution in [0.1, 0.15) is 17.4 Å². The predicted molar refractivity (Wildman–Crippen MR) is 80.2 cm³/mol. The van der Waals surface area contributed by atoms with Gasteiger partial charge in [-0.2, -0.15) is 0 Å². The van der Waals surface area contributed by atoms with Gasteiger partial charge in [0.1, 0.15) is 17.2 Å². The van der Waals surface area contributed by atoms with E-state index in [1.54, 1.807) is 33.5 Å². The third-order valence-corrected chi connectivity index (χ3v) is 3.16. The van der Waals surface area contributed by atoms with E-state index in [0.717, 1.165) is 10.9 Å². The summed E-state index contributed by atoms with van der Waals surface area (Å²) in [7, 11) is 4.77. The molecule has 0 spiro atoms. The summed E-state index contributed by atoms with van der Waals surface area (Å²) >= 11 is 0. The molecule has 2 N–H and O–H groups in total. The van der Waals surface area contributed by atoms with Crippen LogP contribution in [0.25, 0.3) is 10.9 Å². The second-order valence-electron chi connectivity index (χ2n) is 4.81. The molecule has 6 heteroatoms. The lowest BCUT2D eigenvalue weighted by molar-refractivity contribution is 0.0901. The molecule has 0 aliphatic heterocycles. The predicted octanol–water partition coefficient (Wildman–Crippen LogP) is 1.95. The second-order valence-corrected chi connectivity index (χ2v) is 4.81. The highest BCUT2D eigenvalue weighted by molar-refractivity contribution is 6.00. The van der Waals surface area contributed by atoms with Crippen LogP contribution in [0, 0.1) is 0 Å². The standard InChI is InChI=1S/C15H20N2O4/c1-9(8-19-2)16-15(18)12-6-10-5-11(20-3)7-13(21-4)14(10)17-12/h5-7,9,17H,8H2,1-4H3,(H,16,18)/t9-/m0/s1. The number of carbonyl (C=O) groups excluding carboxylic acids is 1. The van der Waals surface area contributed by atoms with E-state index in [4.69, 9.17) is 14.2 Å². The molecule has 0 unspecified atom stereocenters. The molecule has 6 nitrogen and oxygen atoms in total. The van der Waals surface area contributed by atoms with Gasteiger partial charge in [0.15, 0.2) is 0 Å². The number of fused-ring (bicyclic) bond motifs is 1. The van der Waals surface area contributed by atoms with Gasteiger partial charge in [-0.3, -0.25) is 4.79 Å². The lowest BCUT2D eigenvalue weighted by atomic mass is 10.2. The van der Waals surface area contributed by atoms with Gasteiger partial charge >= 0.3 is 0 Å². The van der Waals surface area contributed by atoms with Crippen LogP contribution in [0.3, 0.4) is 0 Å². The molecule has 0 saturated carbocycles. The number of H-pyrrole nitrogens is 1. The van der Waals surface area contributed by atoms with Crippen molar-refractivity contribution in [1.29, 1.82) is 0 Å². The molecule has 2 aromatic rings. The first-order valence-electron chi connectivity index (χ1n) is 6.63. The van der Waals surface area contributed by atoms with E-state index in [1.807, 2.05) is 13.0 Å². The molecule has 0 bridgehead atoms. The van der Waals surface area contributed by atoms with Gasteiger partial charge in [-0.1, -0.05) is 0 Å². The van der Waals surface area contributed by atoms with Crippen molar-refractivity contribution in [2.45, 2.75) is 13.0 Å². The zero-order valence-corrected chi connectivity index (χ0v) is 12.6. The van der Waals surface area contributed by atoms with Crippen molar-refractivity contribution in [3.63, 3.8) is 0 Å². The summed E-state index contributed by atoms with van der Waals surface area (Å²) in [5.41, 5.74) is 1.24. The summed E-state index contributed by atoms with van der Waals surface area (Å²) in [6, 6.07) is 5.33. The van der Waals surface area contributed by atoms with Gasteiger partial charge in [-0.25, -0.2) is 0 Å². The molecule has 2 rings (SSSR count). The van der Waals surface area contributed by atoms with Crippen LogP contribution >= 0.6 is 0 Å². The number of benzene rings is 1. The van der Waals surface area contributed by atoms with Gasteiger partial charge in [0.2, 0.25) is 0 Å². The molecular weight excluding hydrogens is 272 g/mol. The second kappa shape index (κ2) is 6.49. The normalized spacial score (nSPS) is 12.2. The van der Waals surface area contributed by atoms with Gasteiger partial charge < -0.3 is 24.5 Å². The first-order chi connectivity index (χ1) is 10.1. The third-order valence-electron chi connectivity index (χ3n) is 3.16. The fourth-order valence-electron chi connectivity index (χ4n) is 2.18. The molecule has 1 amide bonds. The number of methoxy groups -OCH3 is 3. The molecule has 1 heterocycles. The molecule has 0 fully saturated rings. The first kappa shape index (κ1) is 15.2. The van der Waals surface area contributed by atoms with E-state index in [9.17, 15) is 4.79 Å². The Balaban J connectivity index is 2.31. The van der Waals surface area contributed by atoms with Crippen molar-refractivity contribution < 1.29 is 19.0 Å². The summed E-state index contributed by atoms with van der Waals surface area (Å²) in [5.74, 6) is 1.13. The largest absolute Gasteiger partial charge is 0.497 e. The molecule has 1 aromatic carbocycles. The minimum Gasteiger partial charge on any atom is -0.497 e. The topological polar surface area (TPSA) is 72.6 Å².